The molecular weight excluding hydrogens is 326 g/mol. The number of hydrogen-bond acceptors (Lipinski definition) is 3. The normalized spacial score (nSPS) is 10.7. The lowest BCUT2D eigenvalue weighted by molar-refractivity contribution is -0.116. The largest absolute Gasteiger partial charge is 0.491 e. The van der Waals surface area contributed by atoms with Crippen LogP contribution in [0.3, 0.4) is 0 Å². The van der Waals surface area contributed by atoms with E-state index in [4.69, 9.17) is 4.74 Å². The zero-order valence-corrected chi connectivity index (χ0v) is 15.2. The van der Waals surface area contributed by atoms with Gasteiger partial charge in [0.2, 0.25) is 5.91 Å². The van der Waals surface area contributed by atoms with Gasteiger partial charge >= 0.3 is 0 Å². The fourth-order valence-electron chi connectivity index (χ4n) is 2.86. The van der Waals surface area contributed by atoms with E-state index in [0.29, 0.717) is 19.7 Å². The number of carbonyl (C=O) groups is 1. The summed E-state index contributed by atoms with van der Waals surface area (Å²) in [4.78, 5) is 16.1. The maximum absolute atomic E-state index is 11.5. The second-order valence-electron chi connectivity index (χ2n) is 6.21. The minimum absolute atomic E-state index is 0.213. The highest BCUT2D eigenvalue weighted by Crippen LogP contribution is 2.20. The molecule has 0 atom stereocenters. The highest BCUT2D eigenvalue weighted by Gasteiger charge is 2.11. The van der Waals surface area contributed by atoms with Crippen LogP contribution >= 0.6 is 0 Å². The Morgan fingerprint density at radius 3 is 2.88 bits per heavy atom. The summed E-state index contributed by atoms with van der Waals surface area (Å²) in [5.74, 6) is 1.48. The Morgan fingerprint density at radius 2 is 2.08 bits per heavy atom. The van der Waals surface area contributed by atoms with Gasteiger partial charge in [-0.15, -0.1) is 0 Å². The number of nitrogens with one attached hydrogen (secondary N) is 1. The molecule has 0 bridgehead atoms. The lowest BCUT2D eigenvalue weighted by Gasteiger charge is -2.13. The molecule has 0 saturated carbocycles. The number of ether oxygens (including phenoxy) is 1. The standard InChI is InChI=1S/C21H23N3O2/c1-4-21(25)22-14-20-23-17-7-5-6-8-18(17)24(20)11-12-26-19-13-15(2)9-10-16(19)3/h4-10,13H,1,11-12,14H2,2-3H3,(H,22,25). The molecule has 0 radical (unpaired) electrons. The van der Waals surface area contributed by atoms with Crippen molar-refractivity contribution in [2.24, 2.45) is 0 Å². The molecule has 26 heavy (non-hydrogen) atoms. The highest BCUT2D eigenvalue weighted by molar-refractivity contribution is 5.86. The molecule has 0 fully saturated rings. The molecule has 134 valence electrons. The summed E-state index contributed by atoms with van der Waals surface area (Å²) in [5, 5.41) is 2.79. The molecule has 1 N–H and O–H groups in total. The van der Waals surface area contributed by atoms with E-state index >= 15 is 0 Å². The summed E-state index contributed by atoms with van der Waals surface area (Å²) in [5.41, 5.74) is 4.22. The summed E-state index contributed by atoms with van der Waals surface area (Å²) in [6, 6.07) is 14.1. The first kappa shape index (κ1) is 17.7. The number of hydrogen-bond donors (Lipinski definition) is 1. The maximum atomic E-state index is 11.5. The maximum Gasteiger partial charge on any atom is 0.243 e. The third-order valence-electron chi connectivity index (χ3n) is 4.26. The van der Waals surface area contributed by atoms with Gasteiger partial charge in [0.05, 0.1) is 24.1 Å². The molecule has 3 rings (SSSR count). The molecule has 5 heteroatoms. The topological polar surface area (TPSA) is 56.2 Å². The molecule has 0 unspecified atom stereocenters. The van der Waals surface area contributed by atoms with E-state index in [2.05, 4.69) is 40.5 Å². The number of amides is 1. The fraction of sp³-hybridized carbons (Fsp3) is 0.238. The Balaban J connectivity index is 1.78. The molecule has 0 aliphatic carbocycles. The van der Waals surface area contributed by atoms with Crippen LogP contribution in [0.4, 0.5) is 0 Å². The fourth-order valence-corrected chi connectivity index (χ4v) is 2.86. The summed E-state index contributed by atoms with van der Waals surface area (Å²) < 4.78 is 8.08. The molecule has 0 spiro atoms. The first-order valence-corrected chi connectivity index (χ1v) is 8.63. The van der Waals surface area contributed by atoms with Crippen LogP contribution in [0.2, 0.25) is 0 Å². The first-order chi connectivity index (χ1) is 12.6. The lowest BCUT2D eigenvalue weighted by Crippen LogP contribution is -2.23. The van der Waals surface area contributed by atoms with E-state index in [1.807, 2.05) is 37.3 Å². The van der Waals surface area contributed by atoms with Crippen molar-refractivity contribution in [2.45, 2.75) is 26.9 Å². The molecule has 1 amide bonds. The van der Waals surface area contributed by atoms with Crippen LogP contribution < -0.4 is 10.1 Å². The smallest absolute Gasteiger partial charge is 0.243 e. The number of rotatable bonds is 7. The molecule has 3 aromatic rings. The Kier molecular flexibility index (Phi) is 5.37. The van der Waals surface area contributed by atoms with E-state index in [1.165, 1.54) is 11.6 Å². The second-order valence-corrected chi connectivity index (χ2v) is 6.21. The minimum atomic E-state index is -0.213. The summed E-state index contributed by atoms with van der Waals surface area (Å²) in [7, 11) is 0. The Hall–Kier alpha value is -3.08. The van der Waals surface area contributed by atoms with E-state index in [0.717, 1.165) is 28.2 Å². The lowest BCUT2D eigenvalue weighted by atomic mass is 10.1. The van der Waals surface area contributed by atoms with Crippen molar-refractivity contribution in [3.63, 3.8) is 0 Å². The number of benzene rings is 2. The molecule has 0 aliphatic heterocycles. The van der Waals surface area contributed by atoms with Crippen LogP contribution in [-0.2, 0) is 17.9 Å². The number of nitrogens with zero attached hydrogens (tertiary/aromatic N) is 2. The van der Waals surface area contributed by atoms with Crippen LogP contribution in [0.25, 0.3) is 11.0 Å². The molecule has 1 aromatic heterocycles. The first-order valence-electron chi connectivity index (χ1n) is 8.63. The Labute approximate surface area is 153 Å². The van der Waals surface area contributed by atoms with Crippen molar-refractivity contribution in [1.82, 2.24) is 14.9 Å². The molecule has 0 saturated heterocycles. The zero-order chi connectivity index (χ0) is 18.5. The van der Waals surface area contributed by atoms with Gasteiger partial charge in [0.15, 0.2) is 0 Å². The average Bonchev–Trinajstić information content (AvgIpc) is 3.00. The van der Waals surface area contributed by atoms with Crippen molar-refractivity contribution in [2.75, 3.05) is 6.61 Å². The highest BCUT2D eigenvalue weighted by atomic mass is 16.5. The van der Waals surface area contributed by atoms with Gasteiger partial charge in [-0.25, -0.2) is 4.98 Å². The van der Waals surface area contributed by atoms with Crippen molar-refractivity contribution in [1.29, 1.82) is 0 Å². The number of fused-ring (bicyclic) bond motifs is 1. The Morgan fingerprint density at radius 1 is 1.27 bits per heavy atom. The van der Waals surface area contributed by atoms with Gasteiger partial charge in [0.1, 0.15) is 18.2 Å². The monoisotopic (exact) mass is 349 g/mol. The SMILES string of the molecule is C=CC(=O)NCc1nc2ccccc2n1CCOc1cc(C)ccc1C. The van der Waals surface area contributed by atoms with Crippen LogP contribution in [0.15, 0.2) is 55.1 Å². The third kappa shape index (κ3) is 3.94. The van der Waals surface area contributed by atoms with Gasteiger partial charge in [-0.05, 0) is 49.2 Å². The number of para-hydroxylation sites is 2. The van der Waals surface area contributed by atoms with Crippen LogP contribution in [0, 0.1) is 13.8 Å². The van der Waals surface area contributed by atoms with Gasteiger partial charge in [0, 0.05) is 0 Å². The third-order valence-corrected chi connectivity index (χ3v) is 4.26. The van der Waals surface area contributed by atoms with Crippen molar-refractivity contribution >= 4 is 16.9 Å². The van der Waals surface area contributed by atoms with Crippen molar-refractivity contribution in [3.05, 3.63) is 72.1 Å². The van der Waals surface area contributed by atoms with E-state index < -0.39 is 0 Å². The second kappa shape index (κ2) is 7.87. The van der Waals surface area contributed by atoms with E-state index in [-0.39, 0.29) is 5.91 Å². The van der Waals surface area contributed by atoms with Gasteiger partial charge in [-0.1, -0.05) is 30.8 Å². The number of aromatic nitrogens is 2. The van der Waals surface area contributed by atoms with Crippen molar-refractivity contribution in [3.8, 4) is 5.75 Å². The number of carbonyl (C=O) groups excluding carboxylic acids is 1. The quantitative estimate of drug-likeness (QED) is 0.664. The molecule has 0 aliphatic rings. The van der Waals surface area contributed by atoms with Crippen LogP contribution in [0.5, 0.6) is 5.75 Å². The number of aryl methyl sites for hydroxylation is 2. The minimum Gasteiger partial charge on any atom is -0.491 e. The molecule has 5 nitrogen and oxygen atoms in total. The summed E-state index contributed by atoms with van der Waals surface area (Å²) in [6.07, 6.45) is 1.26. The van der Waals surface area contributed by atoms with Gasteiger partial charge < -0.3 is 14.6 Å². The molecule has 2 aromatic carbocycles. The van der Waals surface area contributed by atoms with E-state index in [1.54, 1.807) is 0 Å². The van der Waals surface area contributed by atoms with Gasteiger partial charge in [-0.3, -0.25) is 4.79 Å². The predicted octanol–water partition coefficient (Wildman–Crippen LogP) is 3.53. The zero-order valence-electron chi connectivity index (χ0n) is 15.2. The van der Waals surface area contributed by atoms with Crippen molar-refractivity contribution < 1.29 is 9.53 Å². The summed E-state index contributed by atoms with van der Waals surface area (Å²) >= 11 is 0. The molecular formula is C21H23N3O2. The van der Waals surface area contributed by atoms with Gasteiger partial charge in [0.25, 0.3) is 0 Å². The Bertz CT molecular complexity index is 944. The van der Waals surface area contributed by atoms with Crippen LogP contribution in [0.1, 0.15) is 17.0 Å². The van der Waals surface area contributed by atoms with E-state index in [9.17, 15) is 4.79 Å². The number of imidazole rings is 1. The molecule has 1 heterocycles. The summed E-state index contributed by atoms with van der Waals surface area (Å²) in [6.45, 7) is 9.09. The van der Waals surface area contributed by atoms with Gasteiger partial charge in [-0.2, -0.15) is 0 Å². The predicted molar refractivity (Wildman–Crippen MR) is 103 cm³/mol. The average molecular weight is 349 g/mol. The van der Waals surface area contributed by atoms with Crippen LogP contribution in [-0.4, -0.2) is 22.1 Å².